The van der Waals surface area contributed by atoms with Crippen LogP contribution in [0, 0.1) is 0 Å². The van der Waals surface area contributed by atoms with Crippen molar-refractivity contribution in [1.82, 2.24) is 0 Å². The van der Waals surface area contributed by atoms with E-state index in [0.717, 1.165) is 0 Å². The van der Waals surface area contributed by atoms with Crippen molar-refractivity contribution in [1.29, 1.82) is 0 Å². The zero-order valence-electron chi connectivity index (χ0n) is 4.09. The molecule has 0 aliphatic carbocycles. The van der Waals surface area contributed by atoms with Gasteiger partial charge in [0.1, 0.15) is 0 Å². The van der Waals surface area contributed by atoms with Gasteiger partial charge in [-0.05, 0) is 0 Å². The SMILES string of the molecule is [K+].[K+].[Mn].[O-2].[O-2].[OH-].[OH-]. The molecule has 0 saturated carbocycles. The predicted octanol–water partition coefficient (Wildman–Crippen LogP) is -6.59. The maximum Gasteiger partial charge on any atom is 1.00 e. The van der Waals surface area contributed by atoms with Gasteiger partial charge in [-0.3, -0.25) is 0 Å². The summed E-state index contributed by atoms with van der Waals surface area (Å²) in [7, 11) is 0. The van der Waals surface area contributed by atoms with Crippen LogP contribution >= 0.6 is 0 Å². The van der Waals surface area contributed by atoms with Crippen LogP contribution in [0.1, 0.15) is 0 Å². The first-order valence-corrected chi connectivity index (χ1v) is 0. The normalized spacial score (nSPS) is 0. The Morgan fingerprint density at radius 2 is 0.571 bits per heavy atom. The molecule has 0 aromatic heterocycles. The Labute approximate surface area is 138 Å². The van der Waals surface area contributed by atoms with Gasteiger partial charge in [-0.25, -0.2) is 0 Å². The fourth-order valence-electron chi connectivity index (χ4n) is 0. The van der Waals surface area contributed by atoms with E-state index in [1.807, 2.05) is 0 Å². The van der Waals surface area contributed by atoms with Crippen molar-refractivity contribution in [3.8, 4) is 0 Å². The Morgan fingerprint density at radius 1 is 0.571 bits per heavy atom. The molecule has 0 heterocycles. The van der Waals surface area contributed by atoms with Gasteiger partial charge < -0.3 is 21.9 Å². The molecule has 0 unspecified atom stereocenters. The van der Waals surface area contributed by atoms with Crippen LogP contribution in [-0.4, -0.2) is 11.0 Å². The first-order valence-electron chi connectivity index (χ1n) is 0. The Kier molecular flexibility index (Phi) is 581. The number of hydrogen-bond donors (Lipinski definition) is 0. The van der Waals surface area contributed by atoms with Gasteiger partial charge in [0.05, 0.1) is 0 Å². The summed E-state index contributed by atoms with van der Waals surface area (Å²) in [6.07, 6.45) is 0. The largest absolute Gasteiger partial charge is 2.00 e. The van der Waals surface area contributed by atoms with Crippen molar-refractivity contribution in [2.45, 2.75) is 0 Å². The van der Waals surface area contributed by atoms with Crippen molar-refractivity contribution in [3.63, 3.8) is 0 Å². The molecule has 0 saturated heterocycles. The molecule has 0 aromatic rings. The summed E-state index contributed by atoms with van der Waals surface area (Å²) in [6.45, 7) is 0. The summed E-state index contributed by atoms with van der Waals surface area (Å²) in [5.74, 6) is 0. The van der Waals surface area contributed by atoms with Crippen LogP contribution in [0.5, 0.6) is 0 Å². The molecule has 0 fully saturated rings. The minimum absolute atomic E-state index is 0. The Balaban J connectivity index is 0. The zero-order chi connectivity index (χ0) is 0. The standard InChI is InChI=1S/2K.Mn.2H2O.2O/h;;;2*1H2;;/q2*+1;;;;2*-2/p-2. The molecule has 0 atom stereocenters. The second-order valence-corrected chi connectivity index (χ2v) is 0. The van der Waals surface area contributed by atoms with Gasteiger partial charge in [0.15, 0.2) is 0 Å². The monoisotopic (exact) mass is 199 g/mol. The van der Waals surface area contributed by atoms with E-state index in [1.54, 1.807) is 0 Å². The van der Waals surface area contributed by atoms with E-state index in [4.69, 9.17) is 0 Å². The maximum atomic E-state index is 0. The van der Waals surface area contributed by atoms with E-state index in [0.29, 0.717) is 0 Å². The molecule has 7 heteroatoms. The summed E-state index contributed by atoms with van der Waals surface area (Å²) >= 11 is 0. The molecule has 0 rings (SSSR count). The topological polar surface area (TPSA) is 117 Å². The third-order valence-corrected chi connectivity index (χ3v) is 0. The van der Waals surface area contributed by atoms with Crippen molar-refractivity contribution in [2.75, 3.05) is 0 Å². The minimum Gasteiger partial charge on any atom is -2.00 e. The van der Waals surface area contributed by atoms with E-state index in [9.17, 15) is 0 Å². The van der Waals surface area contributed by atoms with Gasteiger partial charge in [-0.2, -0.15) is 0 Å². The fraction of sp³-hybridized carbons (Fsp3) is 0. The smallest absolute Gasteiger partial charge is 1.00 e. The molecule has 2 N–H and O–H groups in total. The van der Waals surface area contributed by atoms with Gasteiger partial charge >= 0.3 is 103 Å². The van der Waals surface area contributed by atoms with Gasteiger partial charge in [0.2, 0.25) is 0 Å². The molecule has 0 aromatic carbocycles. The molecule has 0 spiro atoms. The summed E-state index contributed by atoms with van der Waals surface area (Å²) in [5, 5.41) is 0. The van der Waals surface area contributed by atoms with E-state index in [1.165, 1.54) is 0 Å². The first-order chi connectivity index (χ1) is 0. The van der Waals surface area contributed by atoms with Crippen LogP contribution in [0.25, 0.3) is 0 Å². The molecule has 7 heavy (non-hydrogen) atoms. The number of rotatable bonds is 0. The molecular weight excluding hydrogens is 197 g/mol. The summed E-state index contributed by atoms with van der Waals surface area (Å²) < 4.78 is 0. The maximum absolute atomic E-state index is 0. The fourth-order valence-corrected chi connectivity index (χ4v) is 0. The summed E-state index contributed by atoms with van der Waals surface area (Å²) in [5.41, 5.74) is 0. The Bertz CT molecular complexity index is 9.65. The molecule has 0 aliphatic heterocycles. The molecule has 0 amide bonds. The van der Waals surface area contributed by atoms with E-state index in [2.05, 4.69) is 0 Å². The minimum atomic E-state index is 0. The molecule has 0 aliphatic rings. The predicted molar refractivity (Wildman–Crippen MR) is 5.24 cm³/mol. The third kappa shape index (κ3) is 42.5. The van der Waals surface area contributed by atoms with Crippen LogP contribution in [-0.2, 0) is 28.0 Å². The quantitative estimate of drug-likeness (QED) is 0.360. The molecule has 4 nitrogen and oxygen atoms in total. The molecular formula is H2K2MnO4-4. The molecule has 1 radical (unpaired) electrons. The first kappa shape index (κ1) is 74.8. The van der Waals surface area contributed by atoms with Gasteiger partial charge in [-0.15, -0.1) is 0 Å². The van der Waals surface area contributed by atoms with Crippen LogP contribution in [0.2, 0.25) is 0 Å². The Hall–Kier alpha value is 3.63. The van der Waals surface area contributed by atoms with Crippen LogP contribution in [0.15, 0.2) is 0 Å². The molecule has 39 valence electrons. The van der Waals surface area contributed by atoms with Crippen molar-refractivity contribution in [3.05, 3.63) is 0 Å². The average molecular weight is 199 g/mol. The van der Waals surface area contributed by atoms with Crippen molar-refractivity contribution < 1.29 is 142 Å². The Morgan fingerprint density at radius 3 is 0.571 bits per heavy atom. The van der Waals surface area contributed by atoms with Crippen LogP contribution < -0.4 is 103 Å². The second-order valence-electron chi connectivity index (χ2n) is 0. The van der Waals surface area contributed by atoms with Crippen molar-refractivity contribution >= 4 is 0 Å². The third-order valence-electron chi connectivity index (χ3n) is 0. The second kappa shape index (κ2) is 54.4. The zero-order valence-corrected chi connectivity index (χ0v) is 11.5. The van der Waals surface area contributed by atoms with Gasteiger partial charge in [0.25, 0.3) is 0 Å². The van der Waals surface area contributed by atoms with Crippen molar-refractivity contribution in [2.24, 2.45) is 0 Å². The van der Waals surface area contributed by atoms with Crippen LogP contribution in [0.3, 0.4) is 0 Å². The summed E-state index contributed by atoms with van der Waals surface area (Å²) in [4.78, 5) is 0. The van der Waals surface area contributed by atoms with Crippen LogP contribution in [0.4, 0.5) is 0 Å². The summed E-state index contributed by atoms with van der Waals surface area (Å²) in [6, 6.07) is 0. The van der Waals surface area contributed by atoms with E-state index < -0.39 is 0 Å². The van der Waals surface area contributed by atoms with E-state index >= 15 is 0 Å². The molecule has 0 bridgehead atoms. The van der Waals surface area contributed by atoms with E-state index in [-0.39, 0.29) is 142 Å². The average Bonchev–Trinajstić information content (AvgIpc) is 0. The van der Waals surface area contributed by atoms with Gasteiger partial charge in [-0.1, -0.05) is 0 Å². The van der Waals surface area contributed by atoms with Gasteiger partial charge in [0, 0.05) is 17.1 Å². The number of hydrogen-bond acceptors (Lipinski definition) is 2.